The maximum absolute atomic E-state index is 12.6. The third-order valence-electron chi connectivity index (χ3n) is 4.30. The second-order valence-electron chi connectivity index (χ2n) is 5.96. The summed E-state index contributed by atoms with van der Waals surface area (Å²) in [5, 5.41) is 9.54. The fraction of sp³-hybridized carbons (Fsp3) is 0.263. The molecule has 5 heteroatoms. The van der Waals surface area contributed by atoms with Crippen molar-refractivity contribution in [2.24, 2.45) is 0 Å². The van der Waals surface area contributed by atoms with E-state index in [1.165, 1.54) is 4.90 Å². The van der Waals surface area contributed by atoms with Crippen molar-refractivity contribution in [3.8, 4) is 0 Å². The first-order chi connectivity index (χ1) is 11.6. The van der Waals surface area contributed by atoms with E-state index in [4.69, 9.17) is 4.74 Å². The van der Waals surface area contributed by atoms with Crippen LogP contribution in [0, 0.1) is 0 Å². The molecule has 0 aromatic heterocycles. The number of benzene rings is 2. The van der Waals surface area contributed by atoms with E-state index in [1.807, 2.05) is 49.4 Å². The zero-order valence-electron chi connectivity index (χ0n) is 13.4. The number of carboxylic acid groups (broad SMARTS) is 1. The van der Waals surface area contributed by atoms with E-state index in [-0.39, 0.29) is 12.5 Å². The number of hydrogen-bond donors (Lipinski definition) is 1. The van der Waals surface area contributed by atoms with Crippen LogP contribution >= 0.6 is 0 Å². The first kappa shape index (κ1) is 16.1. The Balaban J connectivity index is 1.86. The molecule has 1 N–H and O–H groups in total. The molecule has 0 radical (unpaired) electrons. The maximum Gasteiger partial charge on any atom is 0.415 e. The lowest BCUT2D eigenvalue weighted by Crippen LogP contribution is -2.49. The highest BCUT2D eigenvalue weighted by atomic mass is 16.6. The fourth-order valence-electron chi connectivity index (χ4n) is 3.08. The highest BCUT2D eigenvalue weighted by Crippen LogP contribution is 2.38. The van der Waals surface area contributed by atoms with E-state index in [0.29, 0.717) is 12.1 Å². The summed E-state index contributed by atoms with van der Waals surface area (Å²) in [5.74, 6) is -0.950. The molecular weight excluding hydrogens is 306 g/mol. The second kappa shape index (κ2) is 6.74. The Hall–Kier alpha value is -2.82. The number of anilines is 1. The highest BCUT2D eigenvalue weighted by Gasteiger charge is 2.39. The fourth-order valence-corrected chi connectivity index (χ4v) is 3.08. The summed E-state index contributed by atoms with van der Waals surface area (Å²) in [4.78, 5) is 25.5. The smallest absolute Gasteiger partial charge is 0.415 e. The van der Waals surface area contributed by atoms with Gasteiger partial charge in [-0.3, -0.25) is 4.90 Å². The molecule has 0 fully saturated rings. The van der Waals surface area contributed by atoms with Crippen molar-refractivity contribution in [1.82, 2.24) is 0 Å². The molecule has 0 bridgehead atoms. The molecule has 1 heterocycles. The van der Waals surface area contributed by atoms with Crippen molar-refractivity contribution in [2.75, 3.05) is 4.90 Å². The molecule has 3 rings (SSSR count). The largest absolute Gasteiger partial charge is 0.480 e. The lowest BCUT2D eigenvalue weighted by molar-refractivity contribution is -0.138. The third kappa shape index (κ3) is 3.11. The first-order valence-corrected chi connectivity index (χ1v) is 7.89. The van der Waals surface area contributed by atoms with E-state index in [2.05, 4.69) is 0 Å². The molecule has 24 heavy (non-hydrogen) atoms. The Morgan fingerprint density at radius 1 is 1.12 bits per heavy atom. The predicted molar refractivity (Wildman–Crippen MR) is 90.0 cm³/mol. The van der Waals surface area contributed by atoms with E-state index < -0.39 is 18.1 Å². The number of para-hydroxylation sites is 1. The van der Waals surface area contributed by atoms with Gasteiger partial charge in [-0.05, 0) is 29.5 Å². The van der Waals surface area contributed by atoms with Gasteiger partial charge in [0, 0.05) is 0 Å². The Labute approximate surface area is 140 Å². The number of rotatable bonds is 3. The molecule has 124 valence electrons. The molecule has 1 amide bonds. The van der Waals surface area contributed by atoms with Crippen LogP contribution in [0.3, 0.4) is 0 Å². The topological polar surface area (TPSA) is 66.8 Å². The summed E-state index contributed by atoms with van der Waals surface area (Å²) in [6.07, 6.45) is -0.266. The number of carboxylic acids is 1. The Bertz CT molecular complexity index is 744. The SMILES string of the molecule is C[C@@H]1C[C@H](C(=O)O)N(C(=O)OCc2ccccc2)c2ccccc21. The van der Waals surface area contributed by atoms with Gasteiger partial charge in [0.25, 0.3) is 0 Å². The number of fused-ring (bicyclic) bond motifs is 1. The van der Waals surface area contributed by atoms with Crippen LogP contribution in [-0.2, 0) is 16.1 Å². The Morgan fingerprint density at radius 2 is 1.79 bits per heavy atom. The molecule has 0 unspecified atom stereocenters. The molecule has 2 atom stereocenters. The van der Waals surface area contributed by atoms with Crippen LogP contribution < -0.4 is 4.90 Å². The van der Waals surface area contributed by atoms with Gasteiger partial charge in [0.1, 0.15) is 12.6 Å². The summed E-state index contributed by atoms with van der Waals surface area (Å²) < 4.78 is 5.36. The molecule has 1 aliphatic heterocycles. The zero-order chi connectivity index (χ0) is 17.1. The molecule has 0 spiro atoms. The summed E-state index contributed by atoms with van der Waals surface area (Å²) in [7, 11) is 0. The van der Waals surface area contributed by atoms with E-state index in [9.17, 15) is 14.7 Å². The van der Waals surface area contributed by atoms with E-state index in [0.717, 1.165) is 11.1 Å². The van der Waals surface area contributed by atoms with Gasteiger partial charge in [-0.15, -0.1) is 0 Å². The zero-order valence-corrected chi connectivity index (χ0v) is 13.4. The lowest BCUT2D eigenvalue weighted by atomic mass is 9.87. The van der Waals surface area contributed by atoms with E-state index >= 15 is 0 Å². The lowest BCUT2D eigenvalue weighted by Gasteiger charge is -2.36. The van der Waals surface area contributed by atoms with Crippen LogP contribution in [0.1, 0.15) is 30.4 Å². The number of amides is 1. The molecular formula is C19H19NO4. The number of aliphatic carboxylic acids is 1. The normalized spacial score (nSPS) is 19.5. The van der Waals surface area contributed by atoms with Crippen LogP contribution in [-0.4, -0.2) is 23.2 Å². The van der Waals surface area contributed by atoms with E-state index in [1.54, 1.807) is 12.1 Å². The summed E-state index contributed by atoms with van der Waals surface area (Å²) in [6, 6.07) is 15.8. The third-order valence-corrected chi connectivity index (χ3v) is 4.30. The minimum atomic E-state index is -1.02. The minimum absolute atomic E-state index is 0.0699. The van der Waals surface area contributed by atoms with Gasteiger partial charge in [0.15, 0.2) is 0 Å². The Morgan fingerprint density at radius 3 is 2.50 bits per heavy atom. The summed E-state index contributed by atoms with van der Waals surface area (Å²) in [5.41, 5.74) is 2.43. The molecule has 2 aromatic rings. The van der Waals surface area contributed by atoms with Crippen molar-refractivity contribution in [3.05, 3.63) is 65.7 Å². The van der Waals surface area contributed by atoms with Gasteiger partial charge in [-0.2, -0.15) is 0 Å². The molecule has 0 saturated heterocycles. The molecule has 2 aromatic carbocycles. The number of nitrogens with zero attached hydrogens (tertiary/aromatic N) is 1. The van der Waals surface area contributed by atoms with Crippen LogP contribution in [0.2, 0.25) is 0 Å². The Kier molecular flexibility index (Phi) is 4.51. The number of ether oxygens (including phenoxy) is 1. The summed E-state index contributed by atoms with van der Waals surface area (Å²) >= 11 is 0. The van der Waals surface area contributed by atoms with Gasteiger partial charge in [-0.25, -0.2) is 9.59 Å². The number of carbonyl (C=O) groups excluding carboxylic acids is 1. The average Bonchev–Trinajstić information content (AvgIpc) is 2.60. The second-order valence-corrected chi connectivity index (χ2v) is 5.96. The van der Waals surface area contributed by atoms with Crippen LogP contribution in [0.5, 0.6) is 0 Å². The molecule has 0 aliphatic carbocycles. The quantitative estimate of drug-likeness (QED) is 0.932. The van der Waals surface area contributed by atoms with Crippen molar-refractivity contribution < 1.29 is 19.4 Å². The number of carbonyl (C=O) groups is 2. The van der Waals surface area contributed by atoms with Crippen molar-refractivity contribution in [2.45, 2.75) is 31.9 Å². The maximum atomic E-state index is 12.6. The van der Waals surface area contributed by atoms with Crippen molar-refractivity contribution in [3.63, 3.8) is 0 Å². The van der Waals surface area contributed by atoms with Crippen LogP contribution in [0.15, 0.2) is 54.6 Å². The number of hydrogen-bond acceptors (Lipinski definition) is 3. The predicted octanol–water partition coefficient (Wildman–Crippen LogP) is 3.79. The van der Waals surface area contributed by atoms with Crippen molar-refractivity contribution >= 4 is 17.7 Å². The average molecular weight is 325 g/mol. The minimum Gasteiger partial charge on any atom is -0.480 e. The molecule has 5 nitrogen and oxygen atoms in total. The van der Waals surface area contributed by atoms with Gasteiger partial charge in [0.05, 0.1) is 5.69 Å². The highest BCUT2D eigenvalue weighted by molar-refractivity contribution is 5.97. The molecule has 0 saturated carbocycles. The summed E-state index contributed by atoms with van der Waals surface area (Å²) in [6.45, 7) is 2.08. The molecule has 1 aliphatic rings. The van der Waals surface area contributed by atoms with Gasteiger partial charge in [0.2, 0.25) is 0 Å². The van der Waals surface area contributed by atoms with Crippen molar-refractivity contribution in [1.29, 1.82) is 0 Å². The van der Waals surface area contributed by atoms with Gasteiger partial charge < -0.3 is 9.84 Å². The standard InChI is InChI=1S/C19H19NO4/c1-13-11-17(18(21)22)20(16-10-6-5-9-15(13)16)19(23)24-12-14-7-3-2-4-8-14/h2-10,13,17H,11-12H2,1H3,(H,21,22)/t13-,17-/m1/s1. The van der Waals surface area contributed by atoms with Crippen LogP contribution in [0.25, 0.3) is 0 Å². The van der Waals surface area contributed by atoms with Gasteiger partial charge in [-0.1, -0.05) is 55.5 Å². The first-order valence-electron chi connectivity index (χ1n) is 7.89. The van der Waals surface area contributed by atoms with Gasteiger partial charge >= 0.3 is 12.1 Å². The van der Waals surface area contributed by atoms with Crippen LogP contribution in [0.4, 0.5) is 10.5 Å². The monoisotopic (exact) mass is 325 g/mol.